The molecule has 0 fully saturated rings. The molecule has 20 rings (SSSR count). The Morgan fingerprint density at radius 1 is 0.208 bits per heavy atom. The molecule has 11 heteroatoms. The first kappa shape index (κ1) is 61.6. The first-order valence-electron chi connectivity index (χ1n) is 35.7. The molecule has 4 aromatic heterocycles. The van der Waals surface area contributed by atoms with Crippen LogP contribution in [0.5, 0.6) is 0 Å². The van der Waals surface area contributed by atoms with Gasteiger partial charge < -0.3 is 14.4 Å². The van der Waals surface area contributed by atoms with Gasteiger partial charge >= 0.3 is 0 Å². The maximum absolute atomic E-state index is 5.83. The minimum atomic E-state index is -0.0211. The Labute approximate surface area is 613 Å². The number of hydrogen-bond acceptors (Lipinski definition) is 9. The van der Waals surface area contributed by atoms with Gasteiger partial charge in [0.05, 0.1) is 39.5 Å². The Bertz CT molecular complexity index is 6170. The summed E-state index contributed by atoms with van der Waals surface area (Å²) in [7, 11) is 0. The van der Waals surface area contributed by atoms with Gasteiger partial charge in [0.1, 0.15) is 0 Å². The lowest BCUT2D eigenvalue weighted by Crippen LogP contribution is -2.61. The number of para-hydroxylation sites is 5. The van der Waals surface area contributed by atoms with Crippen molar-refractivity contribution in [3.63, 3.8) is 0 Å². The van der Waals surface area contributed by atoms with E-state index in [0.29, 0.717) is 29.1 Å². The van der Waals surface area contributed by atoms with E-state index in [1.54, 1.807) is 0 Å². The van der Waals surface area contributed by atoms with Crippen molar-refractivity contribution in [2.75, 3.05) is 9.80 Å². The normalized spacial score (nSPS) is 12.1. The molecule has 494 valence electrons. The van der Waals surface area contributed by atoms with Crippen molar-refractivity contribution in [1.29, 1.82) is 0 Å². The third-order valence-electron chi connectivity index (χ3n) is 20.4. The lowest BCUT2D eigenvalue weighted by Gasteiger charge is -2.44. The minimum Gasteiger partial charge on any atom is -0.311 e. The number of fused-ring (bicyclic) bond motifs is 7. The molecule has 2 aliphatic heterocycles. The van der Waals surface area contributed by atoms with E-state index in [-0.39, 0.29) is 6.71 Å². The van der Waals surface area contributed by atoms with Crippen molar-refractivity contribution in [3.05, 3.63) is 370 Å². The summed E-state index contributed by atoms with van der Waals surface area (Å²) in [6, 6.07) is 130. The van der Waals surface area contributed by atoms with E-state index < -0.39 is 0 Å². The van der Waals surface area contributed by atoms with Gasteiger partial charge in [0.25, 0.3) is 6.71 Å². The van der Waals surface area contributed by atoms with Gasteiger partial charge in [-0.15, -0.1) is 0 Å². The van der Waals surface area contributed by atoms with Gasteiger partial charge in [-0.3, -0.25) is 0 Å². The van der Waals surface area contributed by atoms with Crippen molar-refractivity contribution in [1.82, 2.24) is 39.5 Å². The first-order valence-corrected chi connectivity index (χ1v) is 35.7. The van der Waals surface area contributed by atoms with Gasteiger partial charge in [-0.25, -0.2) is 34.9 Å². The van der Waals surface area contributed by atoms with Gasteiger partial charge in [-0.1, -0.05) is 267 Å². The summed E-state index contributed by atoms with van der Waals surface area (Å²) in [5, 5.41) is 2.08. The zero-order valence-corrected chi connectivity index (χ0v) is 57.3. The number of benzene rings is 14. The zero-order chi connectivity index (χ0) is 70.0. The molecule has 0 aliphatic carbocycles. The molecule has 0 N–H and O–H groups in total. The van der Waals surface area contributed by atoms with Gasteiger partial charge in [-0.2, -0.15) is 0 Å². The zero-order valence-electron chi connectivity index (χ0n) is 57.3. The average molecular weight is 1350 g/mol. The number of nitrogens with zero attached hydrogens (tertiary/aromatic N) is 10. The van der Waals surface area contributed by atoms with Crippen molar-refractivity contribution < 1.29 is 0 Å². The lowest BCUT2D eigenvalue weighted by atomic mass is 9.33. The maximum atomic E-state index is 5.83. The summed E-state index contributed by atoms with van der Waals surface area (Å²) in [5.74, 6) is 2.92. The second-order valence-corrected chi connectivity index (χ2v) is 26.8. The number of hydrogen-bond donors (Lipinski definition) is 0. The Kier molecular flexibility index (Phi) is 15.1. The predicted octanol–water partition coefficient (Wildman–Crippen LogP) is 21.3. The molecule has 0 radical (unpaired) electrons. The van der Waals surface area contributed by atoms with E-state index in [0.717, 1.165) is 146 Å². The fraction of sp³-hybridized carbons (Fsp3) is 0. The molecule has 0 spiro atoms. The number of rotatable bonds is 13. The SMILES string of the molecule is c1ccc(-c2cc(-c3ccc(-n4c5ccccc5c5cc(-c6nc(-c7ccccc7)nc(-c7ccccc7)n6)ccc54)c(-c4nc(-c5ccccc5)cc(-c5cccc(-c6cc7c8c(c6)N(c6ccccc6)c6ccccc6B8c6ccccc6N7c6ccccc6)c5)n4)c3)nc(-c3ccccc3)n2)cc1. The molecule has 0 unspecified atom stereocenters. The van der Waals surface area contributed by atoms with Crippen molar-refractivity contribution >= 4 is 79.0 Å². The van der Waals surface area contributed by atoms with Gasteiger partial charge in [0.2, 0.25) is 0 Å². The van der Waals surface area contributed by atoms with Crippen LogP contribution >= 0.6 is 0 Å². The van der Waals surface area contributed by atoms with Gasteiger partial charge in [-0.05, 0) is 131 Å². The van der Waals surface area contributed by atoms with Crippen LogP contribution < -0.4 is 26.2 Å². The fourth-order valence-electron chi connectivity index (χ4n) is 15.6. The van der Waals surface area contributed by atoms with Gasteiger partial charge in [0, 0.05) is 95.0 Å². The van der Waals surface area contributed by atoms with Crippen LogP contribution in [0.15, 0.2) is 370 Å². The summed E-state index contributed by atoms with van der Waals surface area (Å²) in [6.45, 7) is -0.0211. The molecule has 18 aromatic rings. The Balaban J connectivity index is 0.802. The predicted molar refractivity (Wildman–Crippen MR) is 434 cm³/mol. The van der Waals surface area contributed by atoms with Crippen molar-refractivity contribution in [2.24, 2.45) is 0 Å². The van der Waals surface area contributed by atoms with E-state index in [9.17, 15) is 0 Å². The number of aromatic nitrogens is 8. The molecule has 2 aliphatic rings. The highest BCUT2D eigenvalue weighted by atomic mass is 15.2. The number of anilines is 6. The van der Waals surface area contributed by atoms with Crippen LogP contribution in [-0.4, -0.2) is 46.2 Å². The molecule has 0 atom stereocenters. The third-order valence-corrected chi connectivity index (χ3v) is 20.4. The summed E-state index contributed by atoms with van der Waals surface area (Å²) >= 11 is 0. The third kappa shape index (κ3) is 10.9. The average Bonchev–Trinajstić information content (AvgIpc) is 0.854. The van der Waals surface area contributed by atoms with Crippen molar-refractivity contribution in [3.8, 4) is 119 Å². The van der Waals surface area contributed by atoms with Crippen LogP contribution in [0.2, 0.25) is 0 Å². The topological polar surface area (TPSA) is 102 Å². The molecule has 106 heavy (non-hydrogen) atoms. The van der Waals surface area contributed by atoms with Crippen LogP contribution in [0, 0.1) is 0 Å². The Morgan fingerprint density at radius 3 is 1.12 bits per heavy atom. The molecule has 0 bridgehead atoms. The molecule has 0 amide bonds. The second-order valence-electron chi connectivity index (χ2n) is 26.8. The minimum absolute atomic E-state index is 0.0211. The Morgan fingerprint density at radius 2 is 0.594 bits per heavy atom. The van der Waals surface area contributed by atoms with Crippen LogP contribution in [0.1, 0.15) is 0 Å². The summed E-state index contributed by atoms with van der Waals surface area (Å²) in [4.78, 5) is 42.5. The molecular weight excluding hydrogens is 1290 g/mol. The van der Waals surface area contributed by atoms with Crippen LogP contribution in [0.25, 0.3) is 141 Å². The smallest absolute Gasteiger partial charge is 0.252 e. The second kappa shape index (κ2) is 26.0. The molecule has 14 aromatic carbocycles. The largest absolute Gasteiger partial charge is 0.311 e. The summed E-state index contributed by atoms with van der Waals surface area (Å²) in [5.41, 5.74) is 26.7. The van der Waals surface area contributed by atoms with E-state index in [1.165, 1.54) is 16.4 Å². The quantitative estimate of drug-likeness (QED) is 0.104. The maximum Gasteiger partial charge on any atom is 0.252 e. The van der Waals surface area contributed by atoms with Crippen LogP contribution in [-0.2, 0) is 0 Å². The van der Waals surface area contributed by atoms with E-state index >= 15 is 0 Å². The first-order chi connectivity index (χ1) is 52.5. The Hall–Kier alpha value is -14.3. The van der Waals surface area contributed by atoms with E-state index in [4.69, 9.17) is 34.9 Å². The molecule has 10 nitrogen and oxygen atoms in total. The monoisotopic (exact) mass is 1350 g/mol. The highest BCUT2D eigenvalue weighted by molar-refractivity contribution is 7.00. The molecular formula is C95H61BN10. The molecule has 6 heterocycles. The van der Waals surface area contributed by atoms with E-state index in [2.05, 4.69) is 299 Å². The lowest BCUT2D eigenvalue weighted by molar-refractivity contribution is 1.07. The molecule has 0 saturated heterocycles. The highest BCUT2D eigenvalue weighted by Crippen LogP contribution is 2.48. The van der Waals surface area contributed by atoms with Crippen molar-refractivity contribution in [2.45, 2.75) is 0 Å². The summed E-state index contributed by atoms with van der Waals surface area (Å²) < 4.78 is 2.36. The standard InChI is InChI=1S/C95H61BN10/c1-8-29-62(30-9-1)79-60-82(98-91(97-79)64-33-12-3-13-34-64)69-51-53-85(106-83-48-25-22-45-74(83)75-57-70(52-54-84(75)106)94-102-92(65-35-14-4-15-36-65)101-93(103-94)66-37-16-5-17-38-66)76(56-69)95-99-80(63-31-10-2-11-32-63)61-81(100-95)68-40-28-39-67(55-68)71-58-88-90-89(59-71)105(73-43-20-7-21-44-73)87-50-27-24-47-78(87)96(90)77-46-23-26-49-86(77)104(88)72-41-18-6-19-42-72/h1-61H. The molecule has 0 saturated carbocycles. The summed E-state index contributed by atoms with van der Waals surface area (Å²) in [6.07, 6.45) is 0. The van der Waals surface area contributed by atoms with Gasteiger partial charge in [0.15, 0.2) is 29.1 Å². The van der Waals surface area contributed by atoms with Crippen LogP contribution in [0.4, 0.5) is 34.1 Å². The van der Waals surface area contributed by atoms with Crippen LogP contribution in [0.3, 0.4) is 0 Å². The highest BCUT2D eigenvalue weighted by Gasteiger charge is 2.43. The fourth-order valence-corrected chi connectivity index (χ4v) is 15.6. The van der Waals surface area contributed by atoms with E-state index in [1.807, 2.05) is 84.9 Å².